The highest BCUT2D eigenvalue weighted by Crippen LogP contribution is 2.29. The van der Waals surface area contributed by atoms with Gasteiger partial charge < -0.3 is 18.8 Å². The lowest BCUT2D eigenvalue weighted by Crippen LogP contribution is -2.36. The molecular formula is C18H24N4O2. The van der Waals surface area contributed by atoms with E-state index in [0.29, 0.717) is 31.3 Å². The number of aromatic nitrogens is 3. The van der Waals surface area contributed by atoms with E-state index in [-0.39, 0.29) is 5.91 Å². The van der Waals surface area contributed by atoms with Crippen LogP contribution in [0.1, 0.15) is 29.2 Å². The van der Waals surface area contributed by atoms with Crippen LogP contribution in [0, 0.1) is 11.8 Å². The summed E-state index contributed by atoms with van der Waals surface area (Å²) in [4.78, 5) is 19.3. The molecule has 0 radical (unpaired) electrons. The number of amides is 1. The molecule has 2 aromatic rings. The van der Waals surface area contributed by atoms with Crippen molar-refractivity contribution in [3.8, 4) is 0 Å². The van der Waals surface area contributed by atoms with Gasteiger partial charge in [-0.25, -0.2) is 4.98 Å². The number of hydrogen-bond acceptors (Lipinski definition) is 3. The molecule has 24 heavy (non-hydrogen) atoms. The quantitative estimate of drug-likeness (QED) is 0.843. The van der Waals surface area contributed by atoms with Crippen molar-refractivity contribution in [2.75, 3.05) is 19.8 Å². The number of nitrogens with zero attached hydrogens (tertiary/aromatic N) is 4. The van der Waals surface area contributed by atoms with Crippen LogP contribution in [-0.4, -0.2) is 44.7 Å². The van der Waals surface area contributed by atoms with Crippen LogP contribution in [-0.2, 0) is 24.9 Å². The summed E-state index contributed by atoms with van der Waals surface area (Å²) in [5.74, 6) is 2.07. The lowest BCUT2D eigenvalue weighted by atomic mass is 10.1. The first-order chi connectivity index (χ1) is 11.7. The molecule has 3 heterocycles. The van der Waals surface area contributed by atoms with E-state index in [9.17, 15) is 4.79 Å². The molecule has 1 atom stereocenters. The molecule has 2 aliphatic rings. The van der Waals surface area contributed by atoms with Crippen LogP contribution in [0.15, 0.2) is 30.7 Å². The zero-order chi connectivity index (χ0) is 16.5. The van der Waals surface area contributed by atoms with Crippen molar-refractivity contribution in [3.05, 3.63) is 42.2 Å². The summed E-state index contributed by atoms with van der Waals surface area (Å²) in [6, 6.07) is 3.78. The molecule has 0 saturated heterocycles. The third-order valence-corrected chi connectivity index (χ3v) is 4.92. The lowest BCUT2D eigenvalue weighted by Gasteiger charge is -2.24. The molecule has 4 rings (SSSR count). The average molecular weight is 328 g/mol. The van der Waals surface area contributed by atoms with Crippen LogP contribution >= 0.6 is 0 Å². The Balaban J connectivity index is 1.50. The van der Waals surface area contributed by atoms with E-state index in [1.54, 1.807) is 0 Å². The maximum absolute atomic E-state index is 12.9. The number of carbonyl (C=O) groups is 1. The molecule has 0 bridgehead atoms. The number of aryl methyl sites for hydroxylation is 1. The monoisotopic (exact) mass is 328 g/mol. The summed E-state index contributed by atoms with van der Waals surface area (Å²) < 4.78 is 9.94. The topological polar surface area (TPSA) is 52.3 Å². The fourth-order valence-electron chi connectivity index (χ4n) is 3.33. The number of hydrogen-bond donors (Lipinski definition) is 0. The third kappa shape index (κ3) is 3.24. The van der Waals surface area contributed by atoms with Crippen molar-refractivity contribution in [2.24, 2.45) is 18.9 Å². The maximum Gasteiger partial charge on any atom is 0.270 e. The Morgan fingerprint density at radius 3 is 2.83 bits per heavy atom. The smallest absolute Gasteiger partial charge is 0.270 e. The highest BCUT2D eigenvalue weighted by Gasteiger charge is 2.28. The van der Waals surface area contributed by atoms with E-state index in [1.165, 1.54) is 12.8 Å². The van der Waals surface area contributed by atoms with Crippen LogP contribution < -0.4 is 0 Å². The Bertz CT molecular complexity index is 716. The van der Waals surface area contributed by atoms with Crippen LogP contribution in [0.4, 0.5) is 0 Å². The first-order valence-corrected chi connectivity index (χ1v) is 8.69. The second-order valence-electron chi connectivity index (χ2n) is 7.03. The molecule has 0 spiro atoms. The predicted molar refractivity (Wildman–Crippen MR) is 89.4 cm³/mol. The Kier molecular flexibility index (Phi) is 4.14. The number of rotatable bonds is 5. The highest BCUT2D eigenvalue weighted by molar-refractivity contribution is 5.92. The molecule has 2 aromatic heterocycles. The van der Waals surface area contributed by atoms with Gasteiger partial charge in [0.25, 0.3) is 5.91 Å². The van der Waals surface area contributed by atoms with Gasteiger partial charge in [-0.1, -0.05) is 0 Å². The maximum atomic E-state index is 12.9. The molecule has 6 nitrogen and oxygen atoms in total. The van der Waals surface area contributed by atoms with Crippen molar-refractivity contribution in [2.45, 2.75) is 25.9 Å². The van der Waals surface area contributed by atoms with Gasteiger partial charge in [0, 0.05) is 51.3 Å². The summed E-state index contributed by atoms with van der Waals surface area (Å²) >= 11 is 0. The fourth-order valence-corrected chi connectivity index (χ4v) is 3.33. The molecule has 1 fully saturated rings. The molecule has 6 heteroatoms. The first kappa shape index (κ1) is 15.4. The van der Waals surface area contributed by atoms with Gasteiger partial charge >= 0.3 is 0 Å². The summed E-state index contributed by atoms with van der Waals surface area (Å²) in [6.45, 7) is 3.68. The van der Waals surface area contributed by atoms with Crippen molar-refractivity contribution in [1.82, 2.24) is 19.0 Å². The minimum Gasteiger partial charge on any atom is -0.381 e. The van der Waals surface area contributed by atoms with Gasteiger partial charge in [-0.15, -0.1) is 0 Å². The van der Waals surface area contributed by atoms with Crippen LogP contribution in [0.5, 0.6) is 0 Å². The van der Waals surface area contributed by atoms with E-state index in [1.807, 2.05) is 47.2 Å². The Morgan fingerprint density at radius 2 is 2.08 bits per heavy atom. The second kappa shape index (κ2) is 6.43. The van der Waals surface area contributed by atoms with Gasteiger partial charge in [0.2, 0.25) is 0 Å². The summed E-state index contributed by atoms with van der Waals surface area (Å²) in [7, 11) is 1.90. The van der Waals surface area contributed by atoms with Gasteiger partial charge in [0.15, 0.2) is 0 Å². The first-order valence-electron chi connectivity index (χ1n) is 8.69. The molecule has 0 unspecified atom stereocenters. The SMILES string of the molecule is Cn1cccc1C(=O)N1Cc2nccn2C[C@@H](COCC2CC2)C1. The third-order valence-electron chi connectivity index (χ3n) is 4.92. The van der Waals surface area contributed by atoms with Crippen molar-refractivity contribution in [3.63, 3.8) is 0 Å². The largest absolute Gasteiger partial charge is 0.381 e. The van der Waals surface area contributed by atoms with E-state index >= 15 is 0 Å². The molecule has 128 valence electrons. The number of fused-ring (bicyclic) bond motifs is 1. The summed E-state index contributed by atoms with van der Waals surface area (Å²) in [5, 5.41) is 0. The van der Waals surface area contributed by atoms with Gasteiger partial charge in [-0.2, -0.15) is 0 Å². The van der Waals surface area contributed by atoms with E-state index in [4.69, 9.17) is 4.74 Å². The van der Waals surface area contributed by atoms with Crippen molar-refractivity contribution < 1.29 is 9.53 Å². The molecule has 1 aliphatic heterocycles. The zero-order valence-corrected chi connectivity index (χ0v) is 14.1. The van der Waals surface area contributed by atoms with E-state index in [2.05, 4.69) is 9.55 Å². The van der Waals surface area contributed by atoms with Crippen molar-refractivity contribution >= 4 is 5.91 Å². The minimum absolute atomic E-state index is 0.0612. The molecule has 0 N–H and O–H groups in total. The second-order valence-corrected chi connectivity index (χ2v) is 7.03. The van der Waals surface area contributed by atoms with Gasteiger partial charge in [0.05, 0.1) is 13.2 Å². The van der Waals surface area contributed by atoms with Crippen molar-refractivity contribution in [1.29, 1.82) is 0 Å². The standard InChI is InChI=1S/C18H24N4O2/c1-20-7-2-3-16(20)18(23)22-10-15(13-24-12-14-4-5-14)9-21-8-6-19-17(21)11-22/h2-3,6-8,14-15H,4-5,9-13H2,1H3/t15-/m1/s1. The van der Waals surface area contributed by atoms with Crippen LogP contribution in [0.25, 0.3) is 0 Å². The van der Waals surface area contributed by atoms with E-state index < -0.39 is 0 Å². The highest BCUT2D eigenvalue weighted by atomic mass is 16.5. The number of ether oxygens (including phenoxy) is 1. The normalized spacial score (nSPS) is 20.7. The van der Waals surface area contributed by atoms with Gasteiger partial charge in [-0.05, 0) is 30.9 Å². The molecule has 1 amide bonds. The van der Waals surface area contributed by atoms with Crippen LogP contribution in [0.2, 0.25) is 0 Å². The van der Waals surface area contributed by atoms with Crippen LogP contribution in [0.3, 0.4) is 0 Å². The Labute approximate surface area is 142 Å². The molecular weight excluding hydrogens is 304 g/mol. The Morgan fingerprint density at radius 1 is 1.25 bits per heavy atom. The Hall–Kier alpha value is -2.08. The van der Waals surface area contributed by atoms with E-state index in [0.717, 1.165) is 24.9 Å². The average Bonchev–Trinajstić information content (AvgIpc) is 3.19. The lowest BCUT2D eigenvalue weighted by molar-refractivity contribution is 0.0565. The minimum atomic E-state index is 0.0612. The zero-order valence-electron chi connectivity index (χ0n) is 14.1. The number of imidazole rings is 1. The molecule has 1 saturated carbocycles. The molecule has 1 aliphatic carbocycles. The van der Waals surface area contributed by atoms with Gasteiger partial charge in [0.1, 0.15) is 11.5 Å². The molecule has 0 aromatic carbocycles. The number of carbonyl (C=O) groups excluding carboxylic acids is 1. The fraction of sp³-hybridized carbons (Fsp3) is 0.556. The predicted octanol–water partition coefficient (Wildman–Crippen LogP) is 1.92. The summed E-state index contributed by atoms with van der Waals surface area (Å²) in [6.07, 6.45) is 8.32. The summed E-state index contributed by atoms with van der Waals surface area (Å²) in [5.41, 5.74) is 0.715. The van der Waals surface area contributed by atoms with Gasteiger partial charge in [-0.3, -0.25) is 4.79 Å².